The molecule has 0 unspecified atom stereocenters. The monoisotopic (exact) mass is 318 g/mol. The zero-order valence-corrected chi connectivity index (χ0v) is 14.7. The molecule has 1 aromatic heterocycles. The molecule has 1 aliphatic rings. The van der Waals surface area contributed by atoms with E-state index in [1.807, 2.05) is 0 Å². The molecule has 0 spiro atoms. The lowest BCUT2D eigenvalue weighted by atomic mass is 9.61. The van der Waals surface area contributed by atoms with Crippen LogP contribution in [0.3, 0.4) is 0 Å². The van der Waals surface area contributed by atoms with Gasteiger partial charge in [-0.05, 0) is 46.9 Å². The number of hydrogen-bond acceptors (Lipinski definition) is 3. The Hall–Kier alpha value is -2.47. The summed E-state index contributed by atoms with van der Waals surface area (Å²) in [5, 5.41) is 0. The van der Waals surface area contributed by atoms with Crippen LogP contribution in [0.15, 0.2) is 24.5 Å². The zero-order chi connectivity index (χ0) is 17.5. The van der Waals surface area contributed by atoms with Crippen molar-refractivity contribution in [2.75, 3.05) is 0 Å². The van der Waals surface area contributed by atoms with Gasteiger partial charge in [0.2, 0.25) is 0 Å². The largest absolute Gasteiger partial charge is 0.298 e. The van der Waals surface area contributed by atoms with Crippen LogP contribution in [0.2, 0.25) is 0 Å². The van der Waals surface area contributed by atoms with Gasteiger partial charge in [-0.2, -0.15) is 0 Å². The summed E-state index contributed by atoms with van der Waals surface area (Å²) in [5.74, 6) is 3.33. The van der Waals surface area contributed by atoms with Gasteiger partial charge in [0.25, 0.3) is 0 Å². The fraction of sp³-hybridized carbons (Fsp3) is 0.381. The molecule has 122 valence electrons. The van der Waals surface area contributed by atoms with Gasteiger partial charge in [0.15, 0.2) is 12.1 Å². The number of fused-ring (bicyclic) bond motifs is 1. The van der Waals surface area contributed by atoms with Crippen LogP contribution in [0.4, 0.5) is 0 Å². The predicted octanol–water partition coefficient (Wildman–Crippen LogP) is 4.29. The third-order valence-corrected chi connectivity index (χ3v) is 5.22. The van der Waals surface area contributed by atoms with Crippen molar-refractivity contribution in [1.82, 2.24) is 9.97 Å². The van der Waals surface area contributed by atoms with Crippen molar-refractivity contribution in [3.8, 4) is 23.7 Å². The first-order valence-electron chi connectivity index (χ1n) is 8.23. The van der Waals surface area contributed by atoms with Crippen LogP contribution in [-0.2, 0) is 10.8 Å². The van der Waals surface area contributed by atoms with Crippen molar-refractivity contribution in [1.29, 1.82) is 0 Å². The van der Waals surface area contributed by atoms with E-state index in [-0.39, 0.29) is 10.8 Å². The Bertz CT molecular complexity index is 842. The summed E-state index contributed by atoms with van der Waals surface area (Å²) >= 11 is 0. The summed E-state index contributed by atoms with van der Waals surface area (Å²) < 4.78 is 0. The number of rotatable bonds is 2. The minimum absolute atomic E-state index is 0.00139. The van der Waals surface area contributed by atoms with Gasteiger partial charge in [0.1, 0.15) is 0 Å². The van der Waals surface area contributed by atoms with E-state index in [9.17, 15) is 4.79 Å². The first-order valence-corrected chi connectivity index (χ1v) is 8.23. The Morgan fingerprint density at radius 2 is 1.75 bits per heavy atom. The van der Waals surface area contributed by atoms with Gasteiger partial charge in [-0.25, -0.2) is 9.97 Å². The van der Waals surface area contributed by atoms with Gasteiger partial charge in [-0.15, -0.1) is 6.42 Å². The van der Waals surface area contributed by atoms with Crippen LogP contribution in [0.1, 0.15) is 67.6 Å². The highest BCUT2D eigenvalue weighted by Crippen LogP contribution is 2.49. The van der Waals surface area contributed by atoms with Gasteiger partial charge >= 0.3 is 0 Å². The molecule has 0 saturated carbocycles. The second-order valence-corrected chi connectivity index (χ2v) is 7.74. The number of terminal acetylenes is 1. The summed E-state index contributed by atoms with van der Waals surface area (Å²) in [5.41, 5.74) is 4.23. The molecule has 0 bridgehead atoms. The average Bonchev–Trinajstić information content (AvgIpc) is 2.58. The van der Waals surface area contributed by atoms with Gasteiger partial charge in [-0.3, -0.25) is 4.79 Å². The highest BCUT2D eigenvalue weighted by Gasteiger charge is 2.40. The molecule has 3 heteroatoms. The van der Waals surface area contributed by atoms with Crippen molar-refractivity contribution in [2.45, 2.75) is 51.4 Å². The molecule has 0 amide bonds. The maximum atomic E-state index is 11.9. The van der Waals surface area contributed by atoms with E-state index in [2.05, 4.69) is 49.6 Å². The smallest absolute Gasteiger partial charge is 0.159 e. The zero-order valence-electron chi connectivity index (χ0n) is 14.7. The summed E-state index contributed by atoms with van der Waals surface area (Å²) in [6.07, 6.45) is 12.2. The Morgan fingerprint density at radius 3 is 2.33 bits per heavy atom. The number of aromatic nitrogens is 2. The Morgan fingerprint density at radius 1 is 1.12 bits per heavy atom. The average molecular weight is 318 g/mol. The van der Waals surface area contributed by atoms with Crippen molar-refractivity contribution in [2.24, 2.45) is 0 Å². The summed E-state index contributed by atoms with van der Waals surface area (Å²) in [6.45, 7) is 8.87. The first kappa shape index (κ1) is 16.4. The van der Waals surface area contributed by atoms with Crippen molar-refractivity contribution < 1.29 is 4.79 Å². The molecule has 3 nitrogen and oxygen atoms in total. The van der Waals surface area contributed by atoms with E-state index in [1.165, 1.54) is 5.56 Å². The Kier molecular flexibility index (Phi) is 3.80. The Labute approximate surface area is 143 Å². The molecule has 24 heavy (non-hydrogen) atoms. The summed E-state index contributed by atoms with van der Waals surface area (Å²) in [6, 6.07) is 3.84. The standard InChI is InChI=1S/C21H22N2O/c1-6-14-16(13-24)15(19-22-10-7-11-23-19)12-17-18(14)21(4,5)9-8-20(17,2)3/h1,7,10-13H,8-9H2,2-5H3. The molecule has 2 aromatic rings. The second kappa shape index (κ2) is 5.56. The number of carbonyl (C=O) groups is 1. The molecule has 0 saturated heterocycles. The van der Waals surface area contributed by atoms with Crippen LogP contribution in [-0.4, -0.2) is 16.3 Å². The SMILES string of the molecule is C#Cc1c(C=O)c(-c2ncccn2)cc2c1C(C)(C)CCC2(C)C. The van der Waals surface area contributed by atoms with E-state index >= 15 is 0 Å². The maximum Gasteiger partial charge on any atom is 0.159 e. The number of nitrogens with zero attached hydrogens (tertiary/aromatic N) is 2. The highest BCUT2D eigenvalue weighted by molar-refractivity contribution is 5.91. The maximum absolute atomic E-state index is 11.9. The van der Waals surface area contributed by atoms with Crippen molar-refractivity contribution in [3.05, 3.63) is 46.8 Å². The fourth-order valence-electron chi connectivity index (χ4n) is 3.72. The molecule has 0 aliphatic heterocycles. The number of hydrogen-bond donors (Lipinski definition) is 0. The topological polar surface area (TPSA) is 42.9 Å². The molecule has 0 N–H and O–H groups in total. The molecular weight excluding hydrogens is 296 g/mol. The van der Waals surface area contributed by atoms with Crippen LogP contribution < -0.4 is 0 Å². The molecule has 0 fully saturated rings. The molecule has 3 rings (SSSR count). The third kappa shape index (κ3) is 2.43. The number of benzene rings is 1. The Balaban J connectivity index is 2.44. The second-order valence-electron chi connectivity index (χ2n) is 7.74. The summed E-state index contributed by atoms with van der Waals surface area (Å²) in [7, 11) is 0. The van der Waals surface area contributed by atoms with Crippen molar-refractivity contribution in [3.63, 3.8) is 0 Å². The van der Waals surface area contributed by atoms with E-state index in [4.69, 9.17) is 6.42 Å². The van der Waals surface area contributed by atoms with Gasteiger partial charge in [0.05, 0.1) is 0 Å². The molecule has 0 radical (unpaired) electrons. The minimum Gasteiger partial charge on any atom is -0.298 e. The van der Waals surface area contributed by atoms with Crippen LogP contribution >= 0.6 is 0 Å². The van der Waals surface area contributed by atoms with E-state index < -0.39 is 0 Å². The molecule has 1 heterocycles. The summed E-state index contributed by atoms with van der Waals surface area (Å²) in [4.78, 5) is 20.5. The van der Waals surface area contributed by atoms with E-state index in [0.717, 1.165) is 30.3 Å². The van der Waals surface area contributed by atoms with Gasteiger partial charge < -0.3 is 0 Å². The fourth-order valence-corrected chi connectivity index (χ4v) is 3.72. The van der Waals surface area contributed by atoms with Crippen LogP contribution in [0, 0.1) is 12.3 Å². The lowest BCUT2D eigenvalue weighted by Crippen LogP contribution is -2.35. The quantitative estimate of drug-likeness (QED) is 0.613. The molecular formula is C21H22N2O. The molecule has 1 aliphatic carbocycles. The van der Waals surface area contributed by atoms with Gasteiger partial charge in [-0.1, -0.05) is 33.6 Å². The van der Waals surface area contributed by atoms with Crippen molar-refractivity contribution >= 4 is 6.29 Å². The molecule has 1 aromatic carbocycles. The lowest BCUT2D eigenvalue weighted by Gasteiger charge is -2.43. The normalized spacial score (nSPS) is 17.6. The van der Waals surface area contributed by atoms with E-state index in [1.54, 1.807) is 18.5 Å². The van der Waals surface area contributed by atoms with E-state index in [0.29, 0.717) is 17.0 Å². The highest BCUT2D eigenvalue weighted by atomic mass is 16.1. The van der Waals surface area contributed by atoms with Crippen LogP contribution in [0.25, 0.3) is 11.4 Å². The molecule has 0 atom stereocenters. The first-order chi connectivity index (χ1) is 11.3. The minimum atomic E-state index is -0.0552. The van der Waals surface area contributed by atoms with Crippen LogP contribution in [0.5, 0.6) is 0 Å². The lowest BCUT2D eigenvalue weighted by molar-refractivity contribution is 0.112. The number of aldehydes is 1. The third-order valence-electron chi connectivity index (χ3n) is 5.22. The predicted molar refractivity (Wildman–Crippen MR) is 96.1 cm³/mol. The number of carbonyl (C=O) groups excluding carboxylic acids is 1. The van der Waals surface area contributed by atoms with Gasteiger partial charge in [0, 0.05) is 29.1 Å².